The molecule has 246 valence electrons. The van der Waals surface area contributed by atoms with Crippen molar-refractivity contribution in [1.29, 1.82) is 0 Å². The number of carbonyl (C=O) groups excluding carboxylic acids is 2. The number of nitrogens with one attached hydrogen (secondary N) is 1. The second-order valence-electron chi connectivity index (χ2n) is 14.2. The molecule has 0 unspecified atom stereocenters. The lowest BCUT2D eigenvalue weighted by Crippen LogP contribution is -2.50. The maximum Gasteiger partial charge on any atom is 0.303 e. The maximum absolute atomic E-state index is 13.6. The van der Waals surface area contributed by atoms with Gasteiger partial charge in [-0.25, -0.2) is 13.1 Å². The summed E-state index contributed by atoms with van der Waals surface area (Å²) in [5, 5.41) is -0.0329. The number of hydrogen-bond acceptors (Lipinski definition) is 7. The highest BCUT2D eigenvalue weighted by atomic mass is 35.5. The minimum Gasteiger partial charge on any atom is -0.490 e. The molecule has 1 amide bonds. The number of halogens is 1. The number of fused-ring (bicyclic) bond motifs is 4. The topological polar surface area (TPSA) is 102 Å². The second-order valence-corrected chi connectivity index (χ2v) is 16.7. The maximum atomic E-state index is 13.6. The van der Waals surface area contributed by atoms with Crippen LogP contribution in [0.5, 0.6) is 5.75 Å². The number of hydrogen-bond donors (Lipinski definition) is 1. The Labute approximate surface area is 276 Å². The van der Waals surface area contributed by atoms with E-state index in [4.69, 9.17) is 21.1 Å². The number of aryl methyl sites for hydroxylation is 1. The van der Waals surface area contributed by atoms with E-state index < -0.39 is 21.2 Å². The van der Waals surface area contributed by atoms with Gasteiger partial charge in [0, 0.05) is 41.9 Å². The normalized spacial score (nSPS) is 32.9. The van der Waals surface area contributed by atoms with Crippen LogP contribution in [0.25, 0.3) is 0 Å². The zero-order chi connectivity index (χ0) is 32.2. The number of rotatable bonds is 2. The fourth-order valence-corrected chi connectivity index (χ4v) is 9.98. The number of amides is 1. The number of sulfonamides is 1. The second kappa shape index (κ2) is 12.2. The molecule has 2 fully saturated rings. The average Bonchev–Trinajstić information content (AvgIpc) is 3.84. The highest BCUT2D eigenvalue weighted by molar-refractivity contribution is 7.90. The molecule has 2 bridgehead atoms. The minimum absolute atomic E-state index is 0.134. The van der Waals surface area contributed by atoms with Crippen molar-refractivity contribution < 1.29 is 27.5 Å². The molecule has 46 heavy (non-hydrogen) atoms. The fraction of sp³-hybridized carbons (Fsp3) is 0.556. The lowest BCUT2D eigenvalue weighted by atomic mass is 9.68. The molecule has 2 aromatic carbocycles. The molecule has 8 nitrogen and oxygen atoms in total. The summed E-state index contributed by atoms with van der Waals surface area (Å²) in [6.45, 7) is 5.00. The Morgan fingerprint density at radius 1 is 1.09 bits per heavy atom. The minimum atomic E-state index is -3.96. The van der Waals surface area contributed by atoms with E-state index in [-0.39, 0.29) is 40.8 Å². The highest BCUT2D eigenvalue weighted by Gasteiger charge is 2.45. The summed E-state index contributed by atoms with van der Waals surface area (Å²) < 4.78 is 42.1. The molecule has 2 saturated carbocycles. The quantitative estimate of drug-likeness (QED) is 0.301. The lowest BCUT2D eigenvalue weighted by Gasteiger charge is -2.46. The van der Waals surface area contributed by atoms with Gasteiger partial charge in [-0.05, 0) is 124 Å². The molecule has 10 heteroatoms. The van der Waals surface area contributed by atoms with Crippen LogP contribution in [-0.2, 0) is 31.4 Å². The van der Waals surface area contributed by atoms with Gasteiger partial charge in [0.15, 0.2) is 0 Å². The first-order valence-electron chi connectivity index (χ1n) is 16.7. The average molecular weight is 667 g/mol. The van der Waals surface area contributed by atoms with E-state index in [1.807, 2.05) is 18.2 Å². The standard InChI is InChI=1S/C36H43ClN2O6S/c1-22-29(24-8-9-24)6-3-7-33(45-23(2)40)30-13-10-27(30)19-39-20-36(16-4-5-25-17-28(37)12-14-31(25)36)21-44-34-15-11-26(18-32(34)39)35(41)38-46(22,42)43/h3,7,11-12,14-15,17-18,22,24,27,29-30,33H,4-6,8-10,13,16,19-21H2,1-2H3,(H,38,41)/b7-3+/t22-,27+,29+,30-,33+,36+/m1/s1. The first-order chi connectivity index (χ1) is 22.0. The summed E-state index contributed by atoms with van der Waals surface area (Å²) in [6.07, 6.45) is 11.0. The third-order valence-electron chi connectivity index (χ3n) is 11.2. The van der Waals surface area contributed by atoms with E-state index in [0.29, 0.717) is 37.8 Å². The fourth-order valence-electron chi connectivity index (χ4n) is 8.43. The Morgan fingerprint density at radius 2 is 1.89 bits per heavy atom. The number of nitrogens with zero attached hydrogens (tertiary/aromatic N) is 1. The SMILES string of the molecule is CC(=O)O[C@H]1/C=C/C[C@H](C2CC2)[C@@H](C)S(=O)(=O)NC(=O)c2ccc3c(c2)N(C[C@@H]2CC[C@H]21)C[C@@]1(CCCc2cc(Cl)ccc21)CO3. The summed E-state index contributed by atoms with van der Waals surface area (Å²) in [6, 6.07) is 11.4. The van der Waals surface area contributed by atoms with Gasteiger partial charge in [-0.1, -0.05) is 23.7 Å². The van der Waals surface area contributed by atoms with Crippen LogP contribution in [0, 0.1) is 23.7 Å². The molecule has 7 rings (SSSR count). The van der Waals surface area contributed by atoms with Gasteiger partial charge in [0.2, 0.25) is 10.0 Å². The predicted molar refractivity (Wildman–Crippen MR) is 178 cm³/mol. The van der Waals surface area contributed by atoms with Crippen LogP contribution in [0.3, 0.4) is 0 Å². The van der Waals surface area contributed by atoms with Gasteiger partial charge >= 0.3 is 5.97 Å². The van der Waals surface area contributed by atoms with Gasteiger partial charge in [0.25, 0.3) is 5.91 Å². The molecular formula is C36H43ClN2O6S. The van der Waals surface area contributed by atoms with Crippen molar-refractivity contribution in [3.63, 3.8) is 0 Å². The number of benzene rings is 2. The number of anilines is 1. The van der Waals surface area contributed by atoms with Crippen LogP contribution in [0.15, 0.2) is 48.6 Å². The molecule has 2 aliphatic heterocycles. The van der Waals surface area contributed by atoms with Crippen molar-refractivity contribution in [2.75, 3.05) is 24.6 Å². The molecule has 6 atom stereocenters. The van der Waals surface area contributed by atoms with Crippen LogP contribution < -0.4 is 14.4 Å². The molecule has 2 heterocycles. The van der Waals surface area contributed by atoms with Crippen molar-refractivity contribution >= 4 is 39.2 Å². The van der Waals surface area contributed by atoms with Crippen molar-refractivity contribution in [1.82, 2.24) is 4.72 Å². The monoisotopic (exact) mass is 666 g/mol. The molecule has 3 aliphatic carbocycles. The summed E-state index contributed by atoms with van der Waals surface area (Å²) in [7, 11) is -3.96. The van der Waals surface area contributed by atoms with E-state index in [9.17, 15) is 18.0 Å². The van der Waals surface area contributed by atoms with Gasteiger partial charge in [-0.3, -0.25) is 9.59 Å². The zero-order valence-corrected chi connectivity index (χ0v) is 28.1. The van der Waals surface area contributed by atoms with Gasteiger partial charge in [0.1, 0.15) is 11.9 Å². The first kappa shape index (κ1) is 31.6. The Kier molecular flexibility index (Phi) is 8.37. The number of carbonyl (C=O) groups is 2. The molecule has 0 saturated heterocycles. The molecule has 0 radical (unpaired) electrons. The lowest BCUT2D eigenvalue weighted by molar-refractivity contribution is -0.149. The third kappa shape index (κ3) is 6.05. The van der Waals surface area contributed by atoms with Crippen LogP contribution >= 0.6 is 11.6 Å². The van der Waals surface area contributed by atoms with E-state index >= 15 is 0 Å². The van der Waals surface area contributed by atoms with E-state index in [2.05, 4.69) is 21.8 Å². The molecule has 0 aromatic heterocycles. The van der Waals surface area contributed by atoms with Crippen LogP contribution in [0.4, 0.5) is 5.69 Å². The predicted octanol–water partition coefficient (Wildman–Crippen LogP) is 6.21. The van der Waals surface area contributed by atoms with Crippen molar-refractivity contribution in [3.8, 4) is 5.75 Å². The molecule has 5 aliphatic rings. The Bertz CT molecular complexity index is 1670. The molecule has 1 spiro atoms. The zero-order valence-electron chi connectivity index (χ0n) is 26.5. The van der Waals surface area contributed by atoms with Crippen LogP contribution in [-0.4, -0.2) is 51.3 Å². The van der Waals surface area contributed by atoms with Gasteiger partial charge in [-0.15, -0.1) is 0 Å². The number of esters is 1. The Balaban J connectivity index is 1.30. The van der Waals surface area contributed by atoms with Crippen molar-refractivity contribution in [2.24, 2.45) is 23.7 Å². The Hall–Kier alpha value is -3.04. The molecule has 1 N–H and O–H groups in total. The van der Waals surface area contributed by atoms with E-state index in [1.165, 1.54) is 18.1 Å². The summed E-state index contributed by atoms with van der Waals surface area (Å²) >= 11 is 6.42. The number of ether oxygens (including phenoxy) is 2. The number of allylic oxidation sites excluding steroid dienone is 1. The smallest absolute Gasteiger partial charge is 0.303 e. The first-order valence-corrected chi connectivity index (χ1v) is 18.7. The van der Waals surface area contributed by atoms with Gasteiger partial charge < -0.3 is 14.4 Å². The Morgan fingerprint density at radius 3 is 2.63 bits per heavy atom. The van der Waals surface area contributed by atoms with Crippen molar-refractivity contribution in [3.05, 3.63) is 70.3 Å². The summed E-state index contributed by atoms with van der Waals surface area (Å²) in [4.78, 5) is 28.2. The highest BCUT2D eigenvalue weighted by Crippen LogP contribution is 2.47. The van der Waals surface area contributed by atoms with E-state index in [0.717, 1.165) is 55.7 Å². The van der Waals surface area contributed by atoms with E-state index in [1.54, 1.807) is 25.1 Å². The van der Waals surface area contributed by atoms with Crippen LogP contribution in [0.1, 0.15) is 80.3 Å². The molecular weight excluding hydrogens is 624 g/mol. The van der Waals surface area contributed by atoms with Crippen LogP contribution in [0.2, 0.25) is 5.02 Å². The summed E-state index contributed by atoms with van der Waals surface area (Å²) in [5.74, 6) is 0.287. The van der Waals surface area contributed by atoms with Crippen molar-refractivity contribution in [2.45, 2.75) is 82.0 Å². The molecule has 2 aromatic rings. The van der Waals surface area contributed by atoms with Gasteiger partial charge in [-0.2, -0.15) is 0 Å². The van der Waals surface area contributed by atoms with Gasteiger partial charge in [0.05, 0.1) is 17.5 Å². The third-order valence-corrected chi connectivity index (χ3v) is 13.3. The summed E-state index contributed by atoms with van der Waals surface area (Å²) in [5.41, 5.74) is 3.27. The largest absolute Gasteiger partial charge is 0.490 e.